The van der Waals surface area contributed by atoms with E-state index >= 15 is 0 Å². The Kier molecular flexibility index (Phi) is 4.86. The Labute approximate surface area is 129 Å². The summed E-state index contributed by atoms with van der Waals surface area (Å²) >= 11 is 0. The number of benzene rings is 2. The molecule has 3 nitrogen and oxygen atoms in total. The van der Waals surface area contributed by atoms with Crippen molar-refractivity contribution in [3.8, 4) is 11.8 Å². The summed E-state index contributed by atoms with van der Waals surface area (Å²) < 4.78 is 56.0. The smallest absolute Gasteiger partial charge is 0.416 e. The Bertz CT molecular complexity index is 720. The van der Waals surface area contributed by atoms with Crippen LogP contribution >= 0.6 is 0 Å². The lowest BCUT2D eigenvalue weighted by molar-refractivity contribution is -0.137. The second-order valence-corrected chi connectivity index (χ2v) is 4.70. The molecule has 0 aliphatic rings. The minimum absolute atomic E-state index is 0.123. The molecule has 0 amide bonds. The Hall–Kier alpha value is -2.59. The van der Waals surface area contributed by atoms with E-state index in [1.807, 2.05) is 0 Å². The molecule has 0 fully saturated rings. The Morgan fingerprint density at radius 2 is 1.78 bits per heavy atom. The predicted molar refractivity (Wildman–Crippen MR) is 73.0 cm³/mol. The molecule has 1 N–H and O–H groups in total. The van der Waals surface area contributed by atoms with Crippen LogP contribution in [0.3, 0.4) is 0 Å². The number of aliphatic hydroxyl groups is 1. The van der Waals surface area contributed by atoms with Gasteiger partial charge in [0.1, 0.15) is 12.7 Å². The van der Waals surface area contributed by atoms with E-state index in [0.717, 1.165) is 30.3 Å². The van der Waals surface area contributed by atoms with Crippen molar-refractivity contribution in [3.05, 3.63) is 65.0 Å². The van der Waals surface area contributed by atoms with Gasteiger partial charge in [0.15, 0.2) is 11.6 Å². The van der Waals surface area contributed by atoms with E-state index in [-0.39, 0.29) is 23.5 Å². The van der Waals surface area contributed by atoms with Crippen LogP contribution in [0.4, 0.5) is 17.6 Å². The van der Waals surface area contributed by atoms with Gasteiger partial charge in [-0.25, -0.2) is 4.39 Å². The van der Waals surface area contributed by atoms with Gasteiger partial charge in [-0.05, 0) is 35.9 Å². The van der Waals surface area contributed by atoms with E-state index < -0.39 is 23.7 Å². The number of rotatable bonds is 4. The van der Waals surface area contributed by atoms with Crippen molar-refractivity contribution in [3.63, 3.8) is 0 Å². The molecule has 2 aromatic rings. The fourth-order valence-corrected chi connectivity index (χ4v) is 1.85. The molecule has 0 spiro atoms. The standard InChI is InChI=1S/C16H11F4NO2/c17-13-7-10(8-21)1-6-15(13)23-9-14(22)11-2-4-12(5-3-11)16(18,19)20/h1-7,14,22H,9H2. The monoisotopic (exact) mass is 325 g/mol. The van der Waals surface area contributed by atoms with Gasteiger partial charge in [0.05, 0.1) is 17.2 Å². The largest absolute Gasteiger partial charge is 0.487 e. The highest BCUT2D eigenvalue weighted by Gasteiger charge is 2.30. The van der Waals surface area contributed by atoms with Crippen molar-refractivity contribution in [1.82, 2.24) is 0 Å². The van der Waals surface area contributed by atoms with Crippen LogP contribution in [0.5, 0.6) is 5.75 Å². The van der Waals surface area contributed by atoms with Crippen LogP contribution < -0.4 is 4.74 Å². The number of ether oxygens (including phenoxy) is 1. The van der Waals surface area contributed by atoms with E-state index in [1.165, 1.54) is 12.1 Å². The zero-order valence-electron chi connectivity index (χ0n) is 11.6. The highest BCUT2D eigenvalue weighted by molar-refractivity contribution is 5.36. The van der Waals surface area contributed by atoms with E-state index in [4.69, 9.17) is 10.00 Å². The fraction of sp³-hybridized carbons (Fsp3) is 0.188. The SMILES string of the molecule is N#Cc1ccc(OCC(O)c2ccc(C(F)(F)F)cc2)c(F)c1. The van der Waals surface area contributed by atoms with Gasteiger partial charge in [-0.15, -0.1) is 0 Å². The van der Waals surface area contributed by atoms with Crippen LogP contribution in [-0.2, 0) is 6.18 Å². The zero-order valence-corrected chi connectivity index (χ0v) is 11.6. The molecule has 0 aliphatic heterocycles. The summed E-state index contributed by atoms with van der Waals surface area (Å²) in [6.45, 7) is -0.339. The first-order valence-electron chi connectivity index (χ1n) is 6.49. The number of hydrogen-bond acceptors (Lipinski definition) is 3. The van der Waals surface area contributed by atoms with Gasteiger partial charge in [0.2, 0.25) is 0 Å². The topological polar surface area (TPSA) is 53.2 Å². The van der Waals surface area contributed by atoms with Crippen molar-refractivity contribution >= 4 is 0 Å². The van der Waals surface area contributed by atoms with Gasteiger partial charge in [0.25, 0.3) is 0 Å². The van der Waals surface area contributed by atoms with Gasteiger partial charge in [-0.2, -0.15) is 18.4 Å². The maximum absolute atomic E-state index is 13.6. The minimum Gasteiger partial charge on any atom is -0.487 e. The number of nitriles is 1. The summed E-state index contributed by atoms with van der Waals surface area (Å²) in [6, 6.07) is 9.30. The summed E-state index contributed by atoms with van der Waals surface area (Å²) in [5.74, 6) is -0.918. The molecule has 0 saturated carbocycles. The molecule has 1 atom stereocenters. The van der Waals surface area contributed by atoms with Crippen LogP contribution in [0.2, 0.25) is 0 Å². The summed E-state index contributed by atoms with van der Waals surface area (Å²) in [6.07, 6.45) is -5.67. The molecule has 0 aromatic heterocycles. The van der Waals surface area contributed by atoms with Gasteiger partial charge >= 0.3 is 6.18 Å². The molecular formula is C16H11F4NO2. The van der Waals surface area contributed by atoms with Gasteiger partial charge in [-0.1, -0.05) is 12.1 Å². The van der Waals surface area contributed by atoms with E-state index in [0.29, 0.717) is 0 Å². The number of aliphatic hydroxyl groups excluding tert-OH is 1. The maximum atomic E-state index is 13.6. The van der Waals surface area contributed by atoms with Crippen molar-refractivity contribution in [2.45, 2.75) is 12.3 Å². The molecule has 120 valence electrons. The molecule has 0 radical (unpaired) electrons. The van der Waals surface area contributed by atoms with Gasteiger partial charge < -0.3 is 9.84 Å². The van der Waals surface area contributed by atoms with E-state index in [9.17, 15) is 22.7 Å². The lowest BCUT2D eigenvalue weighted by Gasteiger charge is -2.14. The highest BCUT2D eigenvalue weighted by Crippen LogP contribution is 2.30. The Morgan fingerprint density at radius 3 is 2.30 bits per heavy atom. The van der Waals surface area contributed by atoms with Crippen molar-refractivity contribution in [2.24, 2.45) is 0 Å². The molecule has 0 aliphatic carbocycles. The third kappa shape index (κ3) is 4.20. The number of nitrogens with zero attached hydrogens (tertiary/aromatic N) is 1. The number of alkyl halides is 3. The van der Waals surface area contributed by atoms with Crippen LogP contribution in [0.15, 0.2) is 42.5 Å². The second-order valence-electron chi connectivity index (χ2n) is 4.70. The summed E-state index contributed by atoms with van der Waals surface area (Å²) in [5, 5.41) is 18.5. The minimum atomic E-state index is -4.45. The molecule has 0 bridgehead atoms. The van der Waals surface area contributed by atoms with E-state index in [2.05, 4.69) is 0 Å². The third-order valence-corrected chi connectivity index (χ3v) is 3.08. The lowest BCUT2D eigenvalue weighted by atomic mass is 10.1. The average molecular weight is 325 g/mol. The van der Waals surface area contributed by atoms with E-state index in [1.54, 1.807) is 6.07 Å². The molecule has 23 heavy (non-hydrogen) atoms. The first kappa shape index (κ1) is 16.8. The molecule has 1 unspecified atom stereocenters. The van der Waals surface area contributed by atoms with Gasteiger partial charge in [0, 0.05) is 0 Å². The van der Waals surface area contributed by atoms with Crippen LogP contribution in [0.1, 0.15) is 22.8 Å². The molecule has 7 heteroatoms. The molecule has 0 heterocycles. The average Bonchev–Trinajstić information content (AvgIpc) is 2.52. The number of hydrogen-bond donors (Lipinski definition) is 1. The lowest BCUT2D eigenvalue weighted by Crippen LogP contribution is -2.11. The van der Waals surface area contributed by atoms with Crippen LogP contribution in [0, 0.1) is 17.1 Å². The summed E-state index contributed by atoms with van der Waals surface area (Å²) in [5.41, 5.74) is -0.488. The normalized spacial score (nSPS) is 12.5. The van der Waals surface area contributed by atoms with Crippen molar-refractivity contribution < 1.29 is 27.4 Å². The summed E-state index contributed by atoms with van der Waals surface area (Å²) in [7, 11) is 0. The fourth-order valence-electron chi connectivity index (χ4n) is 1.85. The van der Waals surface area contributed by atoms with Crippen LogP contribution in [-0.4, -0.2) is 11.7 Å². The maximum Gasteiger partial charge on any atom is 0.416 e. The molecular weight excluding hydrogens is 314 g/mol. The van der Waals surface area contributed by atoms with Crippen molar-refractivity contribution in [1.29, 1.82) is 5.26 Å². The first-order valence-corrected chi connectivity index (χ1v) is 6.49. The quantitative estimate of drug-likeness (QED) is 0.869. The number of halogens is 4. The second kappa shape index (κ2) is 6.67. The third-order valence-electron chi connectivity index (χ3n) is 3.08. The molecule has 2 aromatic carbocycles. The zero-order chi connectivity index (χ0) is 17.0. The Balaban J connectivity index is 2.02. The van der Waals surface area contributed by atoms with Gasteiger partial charge in [-0.3, -0.25) is 0 Å². The predicted octanol–water partition coefficient (Wildman–Crippen LogP) is 3.83. The first-order chi connectivity index (χ1) is 10.8. The van der Waals surface area contributed by atoms with Crippen LogP contribution in [0.25, 0.3) is 0 Å². The summed E-state index contributed by atoms with van der Waals surface area (Å²) in [4.78, 5) is 0. The molecule has 0 saturated heterocycles. The highest BCUT2D eigenvalue weighted by atomic mass is 19.4. The molecule has 2 rings (SSSR count). The Morgan fingerprint density at radius 1 is 1.13 bits per heavy atom. The van der Waals surface area contributed by atoms with Crippen molar-refractivity contribution in [2.75, 3.05) is 6.61 Å².